The molecule has 1 aliphatic heterocycles. The number of aromatic nitrogens is 4. The first-order valence-electron chi connectivity index (χ1n) is 10.2. The number of likely N-dealkylation sites (tertiary alicyclic amines) is 1. The summed E-state index contributed by atoms with van der Waals surface area (Å²) in [7, 11) is 0. The molecule has 5 rings (SSSR count). The van der Waals surface area contributed by atoms with E-state index in [-0.39, 0.29) is 11.3 Å². The van der Waals surface area contributed by atoms with Gasteiger partial charge in [0.15, 0.2) is 11.0 Å². The zero-order valence-corrected chi connectivity index (χ0v) is 17.7. The lowest BCUT2D eigenvalue weighted by Crippen LogP contribution is -2.46. The fourth-order valence-corrected chi connectivity index (χ4v) is 5.01. The fourth-order valence-electron chi connectivity index (χ4n) is 4.18. The number of nitrogens with one attached hydrogen (secondary N) is 2. The third-order valence-electron chi connectivity index (χ3n) is 5.84. The summed E-state index contributed by atoms with van der Waals surface area (Å²) >= 11 is 1.59. The molecule has 0 saturated carbocycles. The number of aromatic amines is 1. The number of benzene rings is 1. The van der Waals surface area contributed by atoms with Gasteiger partial charge in [0.05, 0.1) is 17.6 Å². The van der Waals surface area contributed by atoms with E-state index >= 15 is 0 Å². The lowest BCUT2D eigenvalue weighted by molar-refractivity contribution is 0.0673. The summed E-state index contributed by atoms with van der Waals surface area (Å²) in [6, 6.07) is 14.4. The number of carbonyl (C=O) groups excluding carboxylic acids is 1. The highest BCUT2D eigenvalue weighted by Gasteiger charge is 2.41. The van der Waals surface area contributed by atoms with Gasteiger partial charge >= 0.3 is 0 Å². The first-order chi connectivity index (χ1) is 15.2. The number of H-pyrrole nitrogens is 1. The van der Waals surface area contributed by atoms with Crippen molar-refractivity contribution in [3.63, 3.8) is 0 Å². The minimum absolute atomic E-state index is 0.0520. The fraction of sp³-hybridized carbons (Fsp3) is 0.217. The molecule has 4 heterocycles. The van der Waals surface area contributed by atoms with Gasteiger partial charge in [0.25, 0.3) is 5.91 Å². The highest BCUT2D eigenvalue weighted by Crippen LogP contribution is 2.43. The monoisotopic (exact) mass is 430 g/mol. The number of nitrogens with zero attached hydrogens (tertiary/aromatic N) is 4. The number of anilines is 2. The quantitative estimate of drug-likeness (QED) is 0.495. The van der Waals surface area contributed by atoms with E-state index in [0.717, 1.165) is 29.4 Å². The zero-order valence-electron chi connectivity index (χ0n) is 16.9. The van der Waals surface area contributed by atoms with Crippen LogP contribution in [-0.2, 0) is 5.41 Å². The molecule has 0 spiro atoms. The van der Waals surface area contributed by atoms with Gasteiger partial charge in [0, 0.05) is 42.5 Å². The van der Waals surface area contributed by atoms with Gasteiger partial charge in [0.1, 0.15) is 0 Å². The average Bonchev–Trinajstić information content (AvgIpc) is 3.53. The van der Waals surface area contributed by atoms with Crippen LogP contribution in [0.2, 0.25) is 0 Å². The molecule has 1 fully saturated rings. The van der Waals surface area contributed by atoms with Crippen molar-refractivity contribution in [2.75, 3.05) is 18.4 Å². The molecular formula is C23H22N6OS. The number of piperidine rings is 1. The van der Waals surface area contributed by atoms with Crippen LogP contribution < -0.4 is 5.32 Å². The zero-order chi connectivity index (χ0) is 21.1. The van der Waals surface area contributed by atoms with Gasteiger partial charge in [-0.2, -0.15) is 0 Å². The van der Waals surface area contributed by atoms with Gasteiger partial charge < -0.3 is 15.2 Å². The number of pyridine rings is 1. The Bertz CT molecular complexity index is 1140. The highest BCUT2D eigenvalue weighted by atomic mass is 32.1. The van der Waals surface area contributed by atoms with E-state index in [4.69, 9.17) is 4.98 Å². The Labute approximate surface area is 184 Å². The lowest BCUT2D eigenvalue weighted by atomic mass is 9.70. The molecule has 0 bridgehead atoms. The van der Waals surface area contributed by atoms with Crippen molar-refractivity contribution in [1.29, 1.82) is 0 Å². The normalized spacial score (nSPS) is 15.5. The topological polar surface area (TPSA) is 86.8 Å². The number of imidazole rings is 1. The summed E-state index contributed by atoms with van der Waals surface area (Å²) < 4.78 is 0. The van der Waals surface area contributed by atoms with Crippen molar-refractivity contribution in [2.24, 2.45) is 0 Å². The SMILES string of the molecule is O=C(c1ncc[nH]1)N1CCC(c2ccccc2)(c2csc(Nc3cccnc3)n2)CC1. The Kier molecular flexibility index (Phi) is 5.21. The van der Waals surface area contributed by atoms with Crippen molar-refractivity contribution < 1.29 is 4.79 Å². The number of hydrogen-bond donors (Lipinski definition) is 2. The Balaban J connectivity index is 1.42. The van der Waals surface area contributed by atoms with Crippen molar-refractivity contribution >= 4 is 28.1 Å². The van der Waals surface area contributed by atoms with E-state index in [1.54, 1.807) is 36.1 Å². The van der Waals surface area contributed by atoms with Crippen molar-refractivity contribution in [1.82, 2.24) is 24.8 Å². The van der Waals surface area contributed by atoms with Gasteiger partial charge in [-0.05, 0) is 30.5 Å². The summed E-state index contributed by atoms with van der Waals surface area (Å²) in [5.41, 5.74) is 2.96. The molecule has 7 nitrogen and oxygen atoms in total. The van der Waals surface area contributed by atoms with Crippen LogP contribution in [0.4, 0.5) is 10.8 Å². The largest absolute Gasteiger partial charge is 0.341 e. The van der Waals surface area contributed by atoms with Gasteiger partial charge in [-0.3, -0.25) is 9.78 Å². The molecule has 156 valence electrons. The van der Waals surface area contributed by atoms with E-state index in [9.17, 15) is 4.79 Å². The van der Waals surface area contributed by atoms with Crippen LogP contribution in [0.15, 0.2) is 72.6 Å². The van der Waals surface area contributed by atoms with Crippen LogP contribution in [0.25, 0.3) is 0 Å². The molecule has 0 atom stereocenters. The molecule has 2 N–H and O–H groups in total. The van der Waals surface area contributed by atoms with Crippen molar-refractivity contribution in [3.8, 4) is 0 Å². The Hall–Kier alpha value is -3.52. The van der Waals surface area contributed by atoms with Crippen LogP contribution >= 0.6 is 11.3 Å². The third kappa shape index (κ3) is 3.82. The molecule has 0 radical (unpaired) electrons. The smallest absolute Gasteiger partial charge is 0.289 e. The molecule has 31 heavy (non-hydrogen) atoms. The molecule has 3 aromatic heterocycles. The first-order valence-corrected chi connectivity index (χ1v) is 11.1. The van der Waals surface area contributed by atoms with Crippen LogP contribution in [0, 0.1) is 0 Å². The third-order valence-corrected chi connectivity index (χ3v) is 6.60. The summed E-state index contributed by atoms with van der Waals surface area (Å²) in [4.78, 5) is 30.8. The molecular weight excluding hydrogens is 408 g/mol. The lowest BCUT2D eigenvalue weighted by Gasteiger charge is -2.41. The number of thiazole rings is 1. The molecule has 4 aromatic rings. The molecule has 8 heteroatoms. The summed E-state index contributed by atoms with van der Waals surface area (Å²) in [5.74, 6) is 0.340. The molecule has 1 aromatic carbocycles. The van der Waals surface area contributed by atoms with Crippen molar-refractivity contribution in [2.45, 2.75) is 18.3 Å². The first kappa shape index (κ1) is 19.4. The van der Waals surface area contributed by atoms with Crippen LogP contribution in [0.3, 0.4) is 0 Å². The maximum atomic E-state index is 12.8. The van der Waals surface area contributed by atoms with Crippen LogP contribution in [0.5, 0.6) is 0 Å². The van der Waals surface area contributed by atoms with Crippen LogP contribution in [0.1, 0.15) is 34.7 Å². The molecule has 0 unspecified atom stereocenters. The predicted octanol–water partition coefficient (Wildman–Crippen LogP) is 4.23. The second-order valence-electron chi connectivity index (χ2n) is 7.58. The van der Waals surface area contributed by atoms with E-state index in [1.165, 1.54) is 5.56 Å². The minimum atomic E-state index is -0.230. The standard InChI is InChI=1S/C23H22N6OS/c30-21(20-25-11-12-26-20)29-13-8-23(9-14-29,17-5-2-1-3-6-17)19-16-31-22(28-19)27-18-7-4-10-24-15-18/h1-7,10-12,15-16H,8-9,13-14H2,(H,25,26)(H,27,28). The average molecular weight is 431 g/mol. The van der Waals surface area contributed by atoms with E-state index in [0.29, 0.717) is 18.9 Å². The second kappa shape index (κ2) is 8.31. The van der Waals surface area contributed by atoms with Gasteiger partial charge in [-0.1, -0.05) is 30.3 Å². The highest BCUT2D eigenvalue weighted by molar-refractivity contribution is 7.13. The summed E-state index contributed by atoms with van der Waals surface area (Å²) in [6.07, 6.45) is 8.43. The Morgan fingerprint density at radius 1 is 1.10 bits per heavy atom. The van der Waals surface area contributed by atoms with Crippen LogP contribution in [-0.4, -0.2) is 43.8 Å². The number of amides is 1. The molecule has 0 aliphatic carbocycles. The second-order valence-corrected chi connectivity index (χ2v) is 8.44. The molecule has 1 aliphatic rings. The Morgan fingerprint density at radius 2 is 1.94 bits per heavy atom. The van der Waals surface area contributed by atoms with Gasteiger partial charge in [-0.25, -0.2) is 9.97 Å². The number of carbonyl (C=O) groups is 1. The Morgan fingerprint density at radius 3 is 2.65 bits per heavy atom. The molecule has 1 saturated heterocycles. The van der Waals surface area contributed by atoms with E-state index < -0.39 is 0 Å². The number of rotatable bonds is 5. The predicted molar refractivity (Wildman–Crippen MR) is 121 cm³/mol. The summed E-state index contributed by atoms with van der Waals surface area (Å²) in [5, 5.41) is 6.32. The number of hydrogen-bond acceptors (Lipinski definition) is 6. The maximum Gasteiger partial charge on any atom is 0.289 e. The van der Waals surface area contributed by atoms with Gasteiger partial charge in [-0.15, -0.1) is 11.3 Å². The molecule has 1 amide bonds. The minimum Gasteiger partial charge on any atom is -0.341 e. The maximum absolute atomic E-state index is 12.8. The van der Waals surface area contributed by atoms with E-state index in [1.807, 2.05) is 23.1 Å². The van der Waals surface area contributed by atoms with Crippen molar-refractivity contribution in [3.05, 3.63) is 89.7 Å². The summed E-state index contributed by atoms with van der Waals surface area (Å²) in [6.45, 7) is 1.30. The van der Waals surface area contributed by atoms with E-state index in [2.05, 4.69) is 49.9 Å². The van der Waals surface area contributed by atoms with Gasteiger partial charge in [0.2, 0.25) is 0 Å².